The summed E-state index contributed by atoms with van der Waals surface area (Å²) in [4.78, 5) is 34.4. The quantitative estimate of drug-likeness (QED) is 0.344. The van der Waals surface area contributed by atoms with Crippen LogP contribution in [0.1, 0.15) is 12.0 Å². The molecule has 0 aromatic heterocycles. The second kappa shape index (κ2) is 5.70. The van der Waals surface area contributed by atoms with Crippen LogP contribution in [0, 0.1) is 5.92 Å². The van der Waals surface area contributed by atoms with Gasteiger partial charge >= 0.3 is 11.9 Å². The van der Waals surface area contributed by atoms with Crippen LogP contribution >= 0.6 is 0 Å². The summed E-state index contributed by atoms with van der Waals surface area (Å²) in [6.07, 6.45) is -0.168. The summed E-state index contributed by atoms with van der Waals surface area (Å²) >= 11 is 0. The number of carbonyl (C=O) groups is 3. The molecular formula is C13H14N2O5. The summed E-state index contributed by atoms with van der Waals surface area (Å²) in [5.74, 6) is 1.49. The highest BCUT2D eigenvalue weighted by Gasteiger charge is 2.46. The Hall–Kier alpha value is -2.41. The van der Waals surface area contributed by atoms with Crippen molar-refractivity contribution in [2.75, 3.05) is 0 Å². The number of carboxylic acid groups (broad SMARTS) is 1. The number of rotatable bonds is 4. The highest BCUT2D eigenvalue weighted by molar-refractivity contribution is 6.01. The molecule has 2 atom stereocenters. The summed E-state index contributed by atoms with van der Waals surface area (Å²) in [5.41, 5.74) is 0.783. The monoisotopic (exact) mass is 278 g/mol. The van der Waals surface area contributed by atoms with E-state index in [-0.39, 0.29) is 13.0 Å². The molecule has 2 rings (SSSR count). The maximum absolute atomic E-state index is 11.8. The second-order valence-corrected chi connectivity index (χ2v) is 4.48. The summed E-state index contributed by atoms with van der Waals surface area (Å²) < 4.78 is 5.02. The van der Waals surface area contributed by atoms with Gasteiger partial charge < -0.3 is 9.84 Å². The minimum atomic E-state index is -1.24. The Morgan fingerprint density at radius 2 is 2.00 bits per heavy atom. The van der Waals surface area contributed by atoms with Crippen molar-refractivity contribution in [3.63, 3.8) is 0 Å². The fourth-order valence-electron chi connectivity index (χ4n) is 2.02. The number of carbonyl (C=O) groups excluding carboxylic acids is 2. The van der Waals surface area contributed by atoms with Crippen LogP contribution in [0.4, 0.5) is 0 Å². The molecule has 1 heterocycles. The number of aliphatic carboxylic acids is 1. The van der Waals surface area contributed by atoms with Crippen molar-refractivity contribution in [1.29, 1.82) is 0 Å². The van der Waals surface area contributed by atoms with Gasteiger partial charge in [-0.2, -0.15) is 0 Å². The normalized spacial score (nSPS) is 21.9. The fraction of sp³-hybridized carbons (Fsp3) is 0.308. The molecule has 1 aromatic carbocycles. The van der Waals surface area contributed by atoms with Gasteiger partial charge in [0.05, 0.1) is 0 Å². The first-order valence-corrected chi connectivity index (χ1v) is 6.02. The van der Waals surface area contributed by atoms with Crippen LogP contribution < -0.4 is 5.84 Å². The largest absolute Gasteiger partial charge is 0.480 e. The van der Waals surface area contributed by atoms with E-state index in [1.165, 1.54) is 0 Å². The lowest BCUT2D eigenvalue weighted by Gasteiger charge is -2.13. The van der Waals surface area contributed by atoms with E-state index in [2.05, 4.69) is 0 Å². The molecule has 1 aliphatic rings. The molecule has 1 aromatic rings. The molecule has 1 saturated heterocycles. The Balaban J connectivity index is 1.96. The molecule has 0 aliphatic carbocycles. The van der Waals surface area contributed by atoms with Crippen LogP contribution in [0.15, 0.2) is 30.3 Å². The summed E-state index contributed by atoms with van der Waals surface area (Å²) in [7, 11) is 0. The molecule has 3 N–H and O–H groups in total. The van der Waals surface area contributed by atoms with Crippen LogP contribution in [0.3, 0.4) is 0 Å². The van der Waals surface area contributed by atoms with Gasteiger partial charge in [-0.1, -0.05) is 30.3 Å². The van der Waals surface area contributed by atoms with Gasteiger partial charge in [0.25, 0.3) is 5.91 Å². The van der Waals surface area contributed by atoms with Gasteiger partial charge in [-0.25, -0.2) is 10.6 Å². The number of esters is 1. The van der Waals surface area contributed by atoms with Gasteiger partial charge in [-0.15, -0.1) is 0 Å². The number of carboxylic acids is 1. The van der Waals surface area contributed by atoms with E-state index < -0.39 is 29.8 Å². The Kier molecular flexibility index (Phi) is 3.99. The molecule has 1 fully saturated rings. The van der Waals surface area contributed by atoms with Crippen LogP contribution in [0.5, 0.6) is 0 Å². The first kappa shape index (κ1) is 14.0. The van der Waals surface area contributed by atoms with E-state index in [9.17, 15) is 14.4 Å². The Bertz CT molecular complexity index is 531. The first-order chi connectivity index (χ1) is 9.50. The molecule has 7 nitrogen and oxygen atoms in total. The fourth-order valence-corrected chi connectivity index (χ4v) is 2.02. The SMILES string of the molecule is NN1C(=O)[C@@H](C(=O)OCc2ccccc2)C[C@H]1C(=O)O. The lowest BCUT2D eigenvalue weighted by atomic mass is 10.1. The molecule has 106 valence electrons. The zero-order chi connectivity index (χ0) is 14.7. The van der Waals surface area contributed by atoms with E-state index in [4.69, 9.17) is 15.7 Å². The highest BCUT2D eigenvalue weighted by Crippen LogP contribution is 2.23. The smallest absolute Gasteiger partial charge is 0.328 e. The Labute approximate surface area is 114 Å². The average molecular weight is 278 g/mol. The summed E-state index contributed by atoms with van der Waals surface area (Å²) in [5, 5.41) is 9.46. The standard InChI is InChI=1S/C13H14N2O5/c14-15-10(12(17)18)6-9(11(15)16)13(19)20-7-8-4-2-1-3-5-8/h1-5,9-10H,6-7,14H2,(H,17,18)/t9-,10-/m0/s1. The third-order valence-corrected chi connectivity index (χ3v) is 3.14. The lowest BCUT2D eigenvalue weighted by Crippen LogP contribution is -2.44. The maximum Gasteiger partial charge on any atom is 0.328 e. The average Bonchev–Trinajstić information content (AvgIpc) is 2.74. The number of nitrogens with zero attached hydrogens (tertiary/aromatic N) is 1. The number of benzene rings is 1. The van der Waals surface area contributed by atoms with Gasteiger partial charge in [-0.05, 0) is 5.56 Å². The van der Waals surface area contributed by atoms with Crippen molar-refractivity contribution in [1.82, 2.24) is 5.01 Å². The number of ether oxygens (including phenoxy) is 1. The summed E-state index contributed by atoms with van der Waals surface area (Å²) in [6.45, 7) is 0.0335. The number of hydrogen-bond donors (Lipinski definition) is 2. The van der Waals surface area contributed by atoms with Crippen molar-refractivity contribution in [3.05, 3.63) is 35.9 Å². The van der Waals surface area contributed by atoms with Crippen LogP contribution in [-0.4, -0.2) is 34.0 Å². The highest BCUT2D eigenvalue weighted by atomic mass is 16.5. The zero-order valence-electron chi connectivity index (χ0n) is 10.6. The van der Waals surface area contributed by atoms with E-state index >= 15 is 0 Å². The molecule has 7 heteroatoms. The Morgan fingerprint density at radius 1 is 1.35 bits per heavy atom. The molecule has 1 amide bonds. The van der Waals surface area contributed by atoms with Crippen molar-refractivity contribution < 1.29 is 24.2 Å². The van der Waals surface area contributed by atoms with Gasteiger partial charge in [0, 0.05) is 6.42 Å². The van der Waals surface area contributed by atoms with Gasteiger partial charge in [-0.3, -0.25) is 14.6 Å². The molecule has 0 spiro atoms. The van der Waals surface area contributed by atoms with Crippen LogP contribution in [0.2, 0.25) is 0 Å². The zero-order valence-corrected chi connectivity index (χ0v) is 10.6. The number of hydrogen-bond acceptors (Lipinski definition) is 5. The lowest BCUT2D eigenvalue weighted by molar-refractivity contribution is -0.154. The van der Waals surface area contributed by atoms with E-state index in [1.54, 1.807) is 24.3 Å². The molecular weight excluding hydrogens is 264 g/mol. The second-order valence-electron chi connectivity index (χ2n) is 4.48. The predicted octanol–water partition coefficient (Wildman–Crippen LogP) is -0.0948. The number of amides is 1. The van der Waals surface area contributed by atoms with E-state index in [0.717, 1.165) is 5.56 Å². The third-order valence-electron chi connectivity index (χ3n) is 3.14. The predicted molar refractivity (Wildman–Crippen MR) is 66.8 cm³/mol. The Morgan fingerprint density at radius 3 is 2.55 bits per heavy atom. The molecule has 0 bridgehead atoms. The van der Waals surface area contributed by atoms with Crippen molar-refractivity contribution in [2.45, 2.75) is 19.1 Å². The maximum atomic E-state index is 11.8. The molecule has 1 aliphatic heterocycles. The summed E-state index contributed by atoms with van der Waals surface area (Å²) in [6, 6.07) is 7.79. The number of nitrogens with two attached hydrogens (primary N) is 1. The molecule has 0 saturated carbocycles. The van der Waals surface area contributed by atoms with E-state index in [0.29, 0.717) is 5.01 Å². The van der Waals surface area contributed by atoms with Crippen LogP contribution in [-0.2, 0) is 25.7 Å². The van der Waals surface area contributed by atoms with Crippen molar-refractivity contribution in [2.24, 2.45) is 11.8 Å². The van der Waals surface area contributed by atoms with Crippen molar-refractivity contribution in [3.8, 4) is 0 Å². The van der Waals surface area contributed by atoms with Gasteiger partial charge in [0.2, 0.25) is 0 Å². The molecule has 0 radical (unpaired) electrons. The molecule has 20 heavy (non-hydrogen) atoms. The van der Waals surface area contributed by atoms with Crippen molar-refractivity contribution >= 4 is 17.8 Å². The van der Waals surface area contributed by atoms with E-state index in [1.807, 2.05) is 6.07 Å². The minimum absolute atomic E-state index is 0.0335. The molecule has 0 unspecified atom stereocenters. The number of hydrazine groups is 1. The third kappa shape index (κ3) is 2.77. The minimum Gasteiger partial charge on any atom is -0.480 e. The first-order valence-electron chi connectivity index (χ1n) is 6.02. The topological polar surface area (TPSA) is 110 Å². The van der Waals surface area contributed by atoms with Gasteiger partial charge in [0.1, 0.15) is 18.6 Å². The van der Waals surface area contributed by atoms with Gasteiger partial charge in [0.15, 0.2) is 0 Å². The van der Waals surface area contributed by atoms with Crippen LogP contribution in [0.25, 0.3) is 0 Å².